The zero-order valence-corrected chi connectivity index (χ0v) is 14.1. The Labute approximate surface area is 119 Å². The highest BCUT2D eigenvalue weighted by atomic mass is 16.5. The zero-order chi connectivity index (χ0) is 15.1. The van der Waals surface area contributed by atoms with Crippen LogP contribution in [-0.2, 0) is 9.53 Å². The van der Waals surface area contributed by atoms with Crippen molar-refractivity contribution in [2.45, 2.75) is 85.9 Å². The van der Waals surface area contributed by atoms with Gasteiger partial charge in [0.15, 0.2) is 0 Å². The second kappa shape index (κ2) is 5.20. The average molecular weight is 268 g/mol. The maximum absolute atomic E-state index is 12.6. The summed E-state index contributed by atoms with van der Waals surface area (Å²) in [5.74, 6) is 0.879. The van der Waals surface area contributed by atoms with E-state index in [1.807, 2.05) is 0 Å². The van der Waals surface area contributed by atoms with E-state index >= 15 is 0 Å². The molecule has 0 spiro atoms. The first kappa shape index (κ1) is 16.7. The fourth-order valence-electron chi connectivity index (χ4n) is 3.67. The molecule has 1 aliphatic heterocycles. The molecule has 2 nitrogen and oxygen atoms in total. The summed E-state index contributed by atoms with van der Waals surface area (Å²) in [6.07, 6.45) is 2.63. The summed E-state index contributed by atoms with van der Waals surface area (Å²) in [5.41, 5.74) is -0.195. The van der Waals surface area contributed by atoms with Gasteiger partial charge in [-0.05, 0) is 51.9 Å². The summed E-state index contributed by atoms with van der Waals surface area (Å²) in [5, 5.41) is 0. The Morgan fingerprint density at radius 3 is 2.16 bits per heavy atom. The smallest absolute Gasteiger partial charge is 0.139 e. The lowest BCUT2D eigenvalue weighted by atomic mass is 9.78. The Morgan fingerprint density at radius 1 is 1.26 bits per heavy atom. The standard InChI is InChI=1S/C17H32O2/c1-12(10-15(2,3)4)9-14(18)13-11-16(5,6)19-17(13,7)8/h12-13H,9-11H2,1-8H3. The number of ether oxygens (including phenoxy) is 1. The van der Waals surface area contributed by atoms with Crippen molar-refractivity contribution in [3.05, 3.63) is 0 Å². The molecule has 19 heavy (non-hydrogen) atoms. The van der Waals surface area contributed by atoms with Crippen molar-refractivity contribution in [3.63, 3.8) is 0 Å². The first-order valence-corrected chi connectivity index (χ1v) is 7.55. The van der Waals surface area contributed by atoms with Crippen molar-refractivity contribution in [1.29, 1.82) is 0 Å². The Kier molecular flexibility index (Phi) is 4.56. The third-order valence-corrected chi connectivity index (χ3v) is 3.97. The monoisotopic (exact) mass is 268 g/mol. The van der Waals surface area contributed by atoms with Crippen LogP contribution in [0.2, 0.25) is 0 Å². The van der Waals surface area contributed by atoms with Gasteiger partial charge in [-0.3, -0.25) is 4.79 Å². The van der Waals surface area contributed by atoms with Crippen molar-refractivity contribution < 1.29 is 9.53 Å². The van der Waals surface area contributed by atoms with Crippen LogP contribution in [0.4, 0.5) is 0 Å². The molecule has 0 bridgehead atoms. The van der Waals surface area contributed by atoms with E-state index in [1.165, 1.54) is 0 Å². The van der Waals surface area contributed by atoms with Crippen molar-refractivity contribution in [1.82, 2.24) is 0 Å². The predicted octanol–water partition coefficient (Wildman–Crippen LogP) is 4.61. The minimum Gasteiger partial charge on any atom is -0.369 e. The second-order valence-electron chi connectivity index (χ2n) is 8.76. The molecule has 2 heteroatoms. The van der Waals surface area contributed by atoms with Crippen LogP contribution in [0.3, 0.4) is 0 Å². The SMILES string of the molecule is CC(CC(=O)C1CC(C)(C)OC1(C)C)CC(C)(C)C. The molecular formula is C17H32O2. The molecular weight excluding hydrogens is 236 g/mol. The van der Waals surface area contributed by atoms with Crippen LogP contribution in [0, 0.1) is 17.3 Å². The van der Waals surface area contributed by atoms with Gasteiger partial charge in [-0.15, -0.1) is 0 Å². The molecule has 0 N–H and O–H groups in total. The Morgan fingerprint density at radius 2 is 1.79 bits per heavy atom. The van der Waals surface area contributed by atoms with Gasteiger partial charge in [-0.1, -0.05) is 27.7 Å². The number of hydrogen-bond donors (Lipinski definition) is 0. The minimum absolute atomic E-state index is 0.0462. The highest BCUT2D eigenvalue weighted by Crippen LogP contribution is 2.43. The van der Waals surface area contributed by atoms with Gasteiger partial charge in [-0.2, -0.15) is 0 Å². The summed E-state index contributed by atoms with van der Waals surface area (Å²) in [6, 6.07) is 0. The van der Waals surface area contributed by atoms with Crippen LogP contribution in [-0.4, -0.2) is 17.0 Å². The molecule has 2 atom stereocenters. The molecule has 1 saturated heterocycles. The molecule has 1 fully saturated rings. The summed E-state index contributed by atoms with van der Waals surface area (Å²) in [7, 11) is 0. The summed E-state index contributed by atoms with van der Waals surface area (Å²) >= 11 is 0. The topological polar surface area (TPSA) is 26.3 Å². The largest absolute Gasteiger partial charge is 0.369 e. The summed E-state index contributed by atoms with van der Waals surface area (Å²) in [4.78, 5) is 12.6. The molecule has 0 aromatic carbocycles. The first-order valence-electron chi connectivity index (χ1n) is 7.55. The number of carbonyl (C=O) groups excluding carboxylic acids is 1. The highest BCUT2D eigenvalue weighted by molar-refractivity contribution is 5.82. The fourth-order valence-corrected chi connectivity index (χ4v) is 3.67. The van der Waals surface area contributed by atoms with Gasteiger partial charge >= 0.3 is 0 Å². The van der Waals surface area contributed by atoms with Gasteiger partial charge in [0.25, 0.3) is 0 Å². The van der Waals surface area contributed by atoms with Crippen LogP contribution in [0.1, 0.15) is 74.7 Å². The van der Waals surface area contributed by atoms with E-state index in [9.17, 15) is 4.79 Å². The molecule has 0 radical (unpaired) electrons. The summed E-state index contributed by atoms with van der Waals surface area (Å²) < 4.78 is 6.03. The Hall–Kier alpha value is -0.370. The van der Waals surface area contributed by atoms with Crippen molar-refractivity contribution >= 4 is 5.78 Å². The van der Waals surface area contributed by atoms with E-state index in [1.54, 1.807) is 0 Å². The summed E-state index contributed by atoms with van der Waals surface area (Å²) in [6.45, 7) is 17.2. The number of ketones is 1. The zero-order valence-electron chi connectivity index (χ0n) is 14.1. The first-order chi connectivity index (χ1) is 8.32. The maximum atomic E-state index is 12.6. The van der Waals surface area contributed by atoms with Crippen LogP contribution < -0.4 is 0 Å². The third kappa shape index (κ3) is 4.91. The number of carbonyl (C=O) groups is 1. The normalized spacial score (nSPS) is 27.3. The maximum Gasteiger partial charge on any atom is 0.139 e. The van der Waals surface area contributed by atoms with E-state index in [0.717, 1.165) is 12.8 Å². The number of hydrogen-bond acceptors (Lipinski definition) is 2. The third-order valence-electron chi connectivity index (χ3n) is 3.97. The van der Waals surface area contributed by atoms with Crippen LogP contribution in [0.5, 0.6) is 0 Å². The van der Waals surface area contributed by atoms with E-state index in [2.05, 4.69) is 55.4 Å². The van der Waals surface area contributed by atoms with Crippen LogP contribution in [0.15, 0.2) is 0 Å². The van der Waals surface area contributed by atoms with Crippen molar-refractivity contribution in [2.24, 2.45) is 17.3 Å². The lowest BCUT2D eigenvalue weighted by molar-refractivity contribution is -0.130. The molecule has 1 rings (SSSR count). The predicted molar refractivity (Wildman–Crippen MR) is 80.2 cm³/mol. The quantitative estimate of drug-likeness (QED) is 0.744. The van der Waals surface area contributed by atoms with Crippen molar-refractivity contribution in [2.75, 3.05) is 0 Å². The molecule has 2 unspecified atom stereocenters. The number of rotatable bonds is 4. The molecule has 112 valence electrons. The van der Waals surface area contributed by atoms with Crippen LogP contribution >= 0.6 is 0 Å². The van der Waals surface area contributed by atoms with Gasteiger partial charge in [0, 0.05) is 12.3 Å². The Balaban J connectivity index is 2.64. The lowest BCUT2D eigenvalue weighted by Crippen LogP contribution is -2.34. The molecule has 1 heterocycles. The van der Waals surface area contributed by atoms with Gasteiger partial charge in [0.1, 0.15) is 5.78 Å². The molecule has 0 saturated carbocycles. The van der Waals surface area contributed by atoms with Gasteiger partial charge in [0.05, 0.1) is 11.2 Å². The minimum atomic E-state index is -0.317. The van der Waals surface area contributed by atoms with E-state index in [0.29, 0.717) is 23.5 Å². The van der Waals surface area contributed by atoms with E-state index in [4.69, 9.17) is 4.74 Å². The molecule has 1 aliphatic rings. The molecule has 0 aromatic rings. The van der Waals surface area contributed by atoms with Gasteiger partial charge in [-0.25, -0.2) is 0 Å². The lowest BCUT2D eigenvalue weighted by Gasteiger charge is -2.28. The average Bonchev–Trinajstić information content (AvgIpc) is 2.30. The molecule has 0 aliphatic carbocycles. The van der Waals surface area contributed by atoms with Crippen LogP contribution in [0.25, 0.3) is 0 Å². The second-order valence-corrected chi connectivity index (χ2v) is 8.76. The highest BCUT2D eigenvalue weighted by Gasteiger charge is 2.48. The van der Waals surface area contributed by atoms with Gasteiger partial charge in [0.2, 0.25) is 0 Å². The van der Waals surface area contributed by atoms with E-state index in [-0.39, 0.29) is 17.1 Å². The number of Topliss-reactive ketones (excluding diaryl/α,β-unsaturated/α-hetero) is 1. The molecule has 0 amide bonds. The fraction of sp³-hybridized carbons (Fsp3) is 0.941. The molecule has 0 aromatic heterocycles. The van der Waals surface area contributed by atoms with Gasteiger partial charge < -0.3 is 4.74 Å². The van der Waals surface area contributed by atoms with Crippen molar-refractivity contribution in [3.8, 4) is 0 Å². The Bertz CT molecular complexity index is 334. The van der Waals surface area contributed by atoms with E-state index < -0.39 is 0 Å².